The van der Waals surface area contributed by atoms with E-state index in [1.54, 1.807) is 11.9 Å². The van der Waals surface area contributed by atoms with Crippen molar-refractivity contribution in [3.63, 3.8) is 0 Å². The molecule has 1 aliphatic heterocycles. The molecule has 1 rings (SSSR count). The van der Waals surface area contributed by atoms with Crippen LogP contribution in [0.15, 0.2) is 0 Å². The molecule has 3 nitrogen and oxygen atoms in total. The Bertz CT molecular complexity index is 141. The third-order valence-electron chi connectivity index (χ3n) is 1.99. The molecule has 3 heteroatoms. The summed E-state index contributed by atoms with van der Waals surface area (Å²) in [5.74, 6) is 0.249. The normalized spacial score (nSPS) is 23.6. The third kappa shape index (κ3) is 1.93. The molecule has 1 atom stereocenters. The van der Waals surface area contributed by atoms with Crippen molar-refractivity contribution in [2.75, 3.05) is 26.8 Å². The van der Waals surface area contributed by atoms with Gasteiger partial charge in [0.05, 0.1) is 12.5 Å². The van der Waals surface area contributed by atoms with E-state index in [2.05, 4.69) is 6.92 Å². The number of hydrogen-bond acceptors (Lipinski definition) is 2. The van der Waals surface area contributed by atoms with Gasteiger partial charge >= 0.3 is 0 Å². The molecule has 63 valence electrons. The number of amides is 1. The lowest BCUT2D eigenvalue weighted by Crippen LogP contribution is -2.32. The Labute approximate surface area is 67.3 Å². The first-order chi connectivity index (χ1) is 5.25. The van der Waals surface area contributed by atoms with Gasteiger partial charge in [-0.25, -0.2) is 0 Å². The molecule has 1 saturated heterocycles. The zero-order valence-corrected chi connectivity index (χ0v) is 6.88. The van der Waals surface area contributed by atoms with Gasteiger partial charge in [0, 0.05) is 20.2 Å². The van der Waals surface area contributed by atoms with Gasteiger partial charge in [0.25, 0.3) is 0 Å². The molecule has 11 heavy (non-hydrogen) atoms. The molecule has 0 aromatic carbocycles. The maximum atomic E-state index is 11.4. The number of rotatable bonds is 2. The van der Waals surface area contributed by atoms with Crippen molar-refractivity contribution < 1.29 is 9.53 Å². The Balaban J connectivity index is 2.39. The average Bonchev–Trinajstić information content (AvgIpc) is 2.53. The highest BCUT2D eigenvalue weighted by molar-refractivity contribution is 5.78. The van der Waals surface area contributed by atoms with Gasteiger partial charge in [0.1, 0.15) is 0 Å². The van der Waals surface area contributed by atoms with Crippen LogP contribution in [0.5, 0.6) is 0 Å². The number of carbonyl (C=O) groups is 1. The van der Waals surface area contributed by atoms with Crippen LogP contribution in [0.2, 0.25) is 0 Å². The fraction of sp³-hybridized carbons (Fsp3) is 0.750. The quantitative estimate of drug-likeness (QED) is 0.576. The highest BCUT2D eigenvalue weighted by atomic mass is 16.5. The summed E-state index contributed by atoms with van der Waals surface area (Å²) in [6, 6.07) is 0. The SMILES string of the molecule is [CH2]CN(C)C(=O)C1CCOC1. The van der Waals surface area contributed by atoms with Crippen molar-refractivity contribution >= 4 is 5.91 Å². The van der Waals surface area contributed by atoms with E-state index in [9.17, 15) is 4.79 Å². The topological polar surface area (TPSA) is 29.5 Å². The molecule has 1 amide bonds. The molecular weight excluding hydrogens is 142 g/mol. The van der Waals surface area contributed by atoms with E-state index in [1.165, 1.54) is 0 Å². The summed E-state index contributed by atoms with van der Waals surface area (Å²) in [6.07, 6.45) is 0.864. The van der Waals surface area contributed by atoms with Gasteiger partial charge in [-0.05, 0) is 13.3 Å². The largest absolute Gasteiger partial charge is 0.381 e. The molecule has 1 unspecified atom stereocenters. The molecule has 1 radical (unpaired) electrons. The molecular formula is C8H14NO2. The molecule has 1 fully saturated rings. The molecule has 0 aromatic rings. The van der Waals surface area contributed by atoms with Gasteiger partial charge in [-0.1, -0.05) is 0 Å². The van der Waals surface area contributed by atoms with Crippen LogP contribution >= 0.6 is 0 Å². The molecule has 0 bridgehead atoms. The van der Waals surface area contributed by atoms with Gasteiger partial charge in [0.2, 0.25) is 5.91 Å². The third-order valence-corrected chi connectivity index (χ3v) is 1.99. The average molecular weight is 156 g/mol. The van der Waals surface area contributed by atoms with Crippen LogP contribution in [-0.4, -0.2) is 37.6 Å². The Hall–Kier alpha value is -0.570. The standard InChI is InChI=1S/C8H14NO2/c1-3-9(2)8(10)7-4-5-11-6-7/h7H,1,3-6H2,2H3. The number of nitrogens with zero attached hydrogens (tertiary/aromatic N) is 1. The van der Waals surface area contributed by atoms with E-state index in [0.29, 0.717) is 13.2 Å². The Kier molecular flexibility index (Phi) is 2.88. The summed E-state index contributed by atoms with van der Waals surface area (Å²) < 4.78 is 5.10. The van der Waals surface area contributed by atoms with Gasteiger partial charge < -0.3 is 9.64 Å². The minimum atomic E-state index is 0.0850. The fourth-order valence-electron chi connectivity index (χ4n) is 1.15. The van der Waals surface area contributed by atoms with Crippen molar-refractivity contribution in [1.82, 2.24) is 4.90 Å². The van der Waals surface area contributed by atoms with Gasteiger partial charge in [-0.2, -0.15) is 0 Å². The van der Waals surface area contributed by atoms with Gasteiger partial charge in [0.15, 0.2) is 0 Å². The van der Waals surface area contributed by atoms with Crippen LogP contribution in [0.25, 0.3) is 0 Å². The molecule has 0 aromatic heterocycles. The minimum Gasteiger partial charge on any atom is -0.381 e. The second-order valence-electron chi connectivity index (χ2n) is 2.82. The van der Waals surface area contributed by atoms with Crippen LogP contribution in [0, 0.1) is 12.8 Å². The number of hydrogen-bond donors (Lipinski definition) is 0. The summed E-state index contributed by atoms with van der Waals surface area (Å²) >= 11 is 0. The summed E-state index contributed by atoms with van der Waals surface area (Å²) in [5.41, 5.74) is 0. The van der Waals surface area contributed by atoms with Crippen LogP contribution in [0.3, 0.4) is 0 Å². The van der Waals surface area contributed by atoms with E-state index >= 15 is 0 Å². The highest BCUT2D eigenvalue weighted by Crippen LogP contribution is 2.14. The van der Waals surface area contributed by atoms with Crippen molar-refractivity contribution in [2.45, 2.75) is 6.42 Å². The van der Waals surface area contributed by atoms with Gasteiger partial charge in [-0.15, -0.1) is 0 Å². The van der Waals surface area contributed by atoms with Gasteiger partial charge in [-0.3, -0.25) is 4.79 Å². The van der Waals surface area contributed by atoms with Crippen molar-refractivity contribution in [2.24, 2.45) is 5.92 Å². The zero-order chi connectivity index (χ0) is 8.27. The second kappa shape index (κ2) is 3.72. The summed E-state index contributed by atoms with van der Waals surface area (Å²) in [4.78, 5) is 13.0. The van der Waals surface area contributed by atoms with Crippen molar-refractivity contribution in [1.29, 1.82) is 0 Å². The molecule has 0 saturated carbocycles. The lowest BCUT2D eigenvalue weighted by atomic mass is 10.1. The fourth-order valence-corrected chi connectivity index (χ4v) is 1.15. The first-order valence-corrected chi connectivity index (χ1v) is 3.87. The van der Waals surface area contributed by atoms with E-state index in [4.69, 9.17) is 4.74 Å². The van der Waals surface area contributed by atoms with E-state index < -0.39 is 0 Å². The van der Waals surface area contributed by atoms with Crippen molar-refractivity contribution in [3.05, 3.63) is 6.92 Å². The zero-order valence-electron chi connectivity index (χ0n) is 6.88. The number of carbonyl (C=O) groups excluding carboxylic acids is 1. The Morgan fingerprint density at radius 1 is 1.82 bits per heavy atom. The molecule has 0 aliphatic carbocycles. The monoisotopic (exact) mass is 156 g/mol. The Morgan fingerprint density at radius 2 is 2.55 bits per heavy atom. The lowest BCUT2D eigenvalue weighted by molar-refractivity contribution is -0.133. The summed E-state index contributed by atoms with van der Waals surface area (Å²) in [6.45, 7) is 5.49. The summed E-state index contributed by atoms with van der Waals surface area (Å²) in [5, 5.41) is 0. The predicted molar refractivity (Wildman–Crippen MR) is 41.9 cm³/mol. The maximum Gasteiger partial charge on any atom is 0.227 e. The van der Waals surface area contributed by atoms with E-state index in [-0.39, 0.29) is 11.8 Å². The van der Waals surface area contributed by atoms with Crippen molar-refractivity contribution in [3.8, 4) is 0 Å². The number of ether oxygens (including phenoxy) is 1. The smallest absolute Gasteiger partial charge is 0.227 e. The molecule has 0 N–H and O–H groups in total. The first-order valence-electron chi connectivity index (χ1n) is 3.87. The van der Waals surface area contributed by atoms with E-state index in [0.717, 1.165) is 13.0 Å². The predicted octanol–water partition coefficient (Wildman–Crippen LogP) is 0.315. The Morgan fingerprint density at radius 3 is 3.00 bits per heavy atom. The highest BCUT2D eigenvalue weighted by Gasteiger charge is 2.25. The summed E-state index contributed by atoms with van der Waals surface area (Å²) in [7, 11) is 1.77. The molecule has 1 heterocycles. The maximum absolute atomic E-state index is 11.4. The minimum absolute atomic E-state index is 0.0850. The van der Waals surface area contributed by atoms with Crippen LogP contribution < -0.4 is 0 Å². The molecule has 1 aliphatic rings. The van der Waals surface area contributed by atoms with E-state index in [1.807, 2.05) is 0 Å². The lowest BCUT2D eigenvalue weighted by Gasteiger charge is -2.17. The van der Waals surface area contributed by atoms with Crippen LogP contribution in [-0.2, 0) is 9.53 Å². The van der Waals surface area contributed by atoms with Crippen LogP contribution in [0.4, 0.5) is 0 Å². The first kappa shape index (κ1) is 8.53. The van der Waals surface area contributed by atoms with Crippen LogP contribution in [0.1, 0.15) is 6.42 Å². The molecule has 0 spiro atoms. The second-order valence-corrected chi connectivity index (χ2v) is 2.82.